The van der Waals surface area contributed by atoms with E-state index in [-0.39, 0.29) is 23.8 Å². The van der Waals surface area contributed by atoms with Gasteiger partial charge in [0.2, 0.25) is 15.9 Å². The molecule has 2 N–H and O–H groups in total. The number of hydrogen-bond donors (Lipinski definition) is 2. The molecule has 0 saturated carbocycles. The zero-order chi connectivity index (χ0) is 16.9. The van der Waals surface area contributed by atoms with E-state index in [0.29, 0.717) is 10.3 Å². The Morgan fingerprint density at radius 3 is 2.74 bits per heavy atom. The lowest BCUT2D eigenvalue weighted by Crippen LogP contribution is -2.28. The van der Waals surface area contributed by atoms with Crippen LogP contribution in [-0.2, 0) is 14.8 Å². The van der Waals surface area contributed by atoms with Gasteiger partial charge in [0.05, 0.1) is 4.90 Å². The number of sulfonamides is 1. The summed E-state index contributed by atoms with van der Waals surface area (Å²) in [6, 6.07) is 9.92. The predicted molar refractivity (Wildman–Crippen MR) is 91.6 cm³/mol. The number of nitrogens with one attached hydrogen (secondary N) is 2. The molecule has 0 fully saturated rings. The number of anilines is 1. The Bertz CT molecular complexity index is 809. The summed E-state index contributed by atoms with van der Waals surface area (Å²) in [7, 11) is -3.63. The standard InChI is InChI=1S/C15H16BrN3O3S/c1-11-5-7-17-14(9-11)19-15(20)6-8-18-23(21,22)13-4-2-3-12(16)10-13/h2-5,7,9-10,18H,6,8H2,1H3,(H,17,19,20). The minimum absolute atomic E-state index is 0.00644. The molecule has 0 aliphatic carbocycles. The number of aryl methyl sites for hydroxylation is 1. The highest BCUT2D eigenvalue weighted by Crippen LogP contribution is 2.15. The number of hydrogen-bond acceptors (Lipinski definition) is 4. The summed E-state index contributed by atoms with van der Waals surface area (Å²) in [5.41, 5.74) is 0.977. The fraction of sp³-hybridized carbons (Fsp3) is 0.200. The second-order valence-electron chi connectivity index (χ2n) is 4.87. The molecule has 23 heavy (non-hydrogen) atoms. The maximum absolute atomic E-state index is 12.1. The van der Waals surface area contributed by atoms with Crippen LogP contribution in [0.3, 0.4) is 0 Å². The summed E-state index contributed by atoms with van der Waals surface area (Å²) in [5, 5.41) is 2.63. The molecular formula is C15H16BrN3O3S. The van der Waals surface area contributed by atoms with Gasteiger partial charge in [-0.1, -0.05) is 22.0 Å². The van der Waals surface area contributed by atoms with Crippen molar-refractivity contribution in [2.75, 3.05) is 11.9 Å². The molecule has 1 aromatic carbocycles. The van der Waals surface area contributed by atoms with Gasteiger partial charge in [0.25, 0.3) is 0 Å². The maximum atomic E-state index is 12.1. The van der Waals surface area contributed by atoms with Crippen LogP contribution in [-0.4, -0.2) is 25.9 Å². The molecule has 0 unspecified atom stereocenters. The molecule has 0 spiro atoms. The van der Waals surface area contributed by atoms with E-state index >= 15 is 0 Å². The van der Waals surface area contributed by atoms with E-state index in [4.69, 9.17) is 0 Å². The van der Waals surface area contributed by atoms with Crippen LogP contribution < -0.4 is 10.0 Å². The second-order valence-corrected chi connectivity index (χ2v) is 7.55. The molecule has 1 amide bonds. The van der Waals surface area contributed by atoms with Crippen LogP contribution in [0.2, 0.25) is 0 Å². The van der Waals surface area contributed by atoms with Gasteiger partial charge in [-0.05, 0) is 42.8 Å². The van der Waals surface area contributed by atoms with Gasteiger partial charge in [-0.2, -0.15) is 0 Å². The van der Waals surface area contributed by atoms with E-state index < -0.39 is 10.0 Å². The van der Waals surface area contributed by atoms with Crippen LogP contribution in [0.5, 0.6) is 0 Å². The minimum atomic E-state index is -3.63. The topological polar surface area (TPSA) is 88.2 Å². The van der Waals surface area contributed by atoms with E-state index in [9.17, 15) is 13.2 Å². The highest BCUT2D eigenvalue weighted by molar-refractivity contribution is 9.10. The summed E-state index contributed by atoms with van der Waals surface area (Å²) in [6.45, 7) is 1.90. The third kappa shape index (κ3) is 5.42. The highest BCUT2D eigenvalue weighted by atomic mass is 79.9. The molecule has 1 aromatic heterocycles. The quantitative estimate of drug-likeness (QED) is 0.783. The van der Waals surface area contributed by atoms with Gasteiger partial charge in [0, 0.05) is 23.6 Å². The van der Waals surface area contributed by atoms with Crippen LogP contribution in [0.15, 0.2) is 52.0 Å². The van der Waals surface area contributed by atoms with Crippen molar-refractivity contribution in [3.8, 4) is 0 Å². The average molecular weight is 398 g/mol. The summed E-state index contributed by atoms with van der Waals surface area (Å²) in [4.78, 5) is 16.0. The Hall–Kier alpha value is -1.77. The zero-order valence-electron chi connectivity index (χ0n) is 12.4. The molecule has 2 aromatic rings. The Morgan fingerprint density at radius 2 is 2.04 bits per heavy atom. The molecule has 1 heterocycles. The van der Waals surface area contributed by atoms with E-state index in [1.807, 2.05) is 13.0 Å². The molecule has 8 heteroatoms. The summed E-state index contributed by atoms with van der Waals surface area (Å²) < 4.78 is 27.3. The Morgan fingerprint density at radius 1 is 1.26 bits per heavy atom. The monoisotopic (exact) mass is 397 g/mol. The van der Waals surface area contributed by atoms with Gasteiger partial charge < -0.3 is 5.32 Å². The number of rotatable bonds is 6. The first-order chi connectivity index (χ1) is 10.9. The summed E-state index contributed by atoms with van der Waals surface area (Å²) >= 11 is 3.23. The van der Waals surface area contributed by atoms with Crippen LogP contribution >= 0.6 is 15.9 Å². The zero-order valence-corrected chi connectivity index (χ0v) is 14.8. The minimum Gasteiger partial charge on any atom is -0.311 e. The van der Waals surface area contributed by atoms with E-state index in [1.54, 1.807) is 24.4 Å². The molecule has 0 radical (unpaired) electrons. The molecule has 6 nitrogen and oxygen atoms in total. The lowest BCUT2D eigenvalue weighted by molar-refractivity contribution is -0.116. The van der Waals surface area contributed by atoms with Crippen LogP contribution in [0.1, 0.15) is 12.0 Å². The number of pyridine rings is 1. The largest absolute Gasteiger partial charge is 0.311 e. The van der Waals surface area contributed by atoms with Crippen LogP contribution in [0.25, 0.3) is 0 Å². The molecule has 0 saturated heterocycles. The van der Waals surface area contributed by atoms with E-state index in [0.717, 1.165) is 5.56 Å². The third-order valence-electron chi connectivity index (χ3n) is 2.93. The first kappa shape index (κ1) is 17.6. The number of nitrogens with zero attached hydrogens (tertiary/aromatic N) is 1. The first-order valence-corrected chi connectivity index (χ1v) is 9.12. The fourth-order valence-electron chi connectivity index (χ4n) is 1.83. The molecule has 0 atom stereocenters. The van der Waals surface area contributed by atoms with Gasteiger partial charge in [-0.3, -0.25) is 4.79 Å². The SMILES string of the molecule is Cc1ccnc(NC(=O)CCNS(=O)(=O)c2cccc(Br)c2)c1. The normalized spacial score (nSPS) is 11.2. The number of halogens is 1. The number of carbonyl (C=O) groups is 1. The predicted octanol–water partition coefficient (Wildman–Crippen LogP) is 2.46. The summed E-state index contributed by atoms with van der Waals surface area (Å²) in [5.74, 6) is 0.143. The van der Waals surface area contributed by atoms with Gasteiger partial charge >= 0.3 is 0 Å². The van der Waals surface area contributed by atoms with Crippen molar-refractivity contribution in [1.29, 1.82) is 0 Å². The van der Waals surface area contributed by atoms with Crippen molar-refractivity contribution in [2.24, 2.45) is 0 Å². The second kappa shape index (κ2) is 7.67. The van der Waals surface area contributed by atoms with Crippen molar-refractivity contribution in [1.82, 2.24) is 9.71 Å². The molecule has 0 aliphatic rings. The molecule has 0 bridgehead atoms. The van der Waals surface area contributed by atoms with Crippen LogP contribution in [0.4, 0.5) is 5.82 Å². The lowest BCUT2D eigenvalue weighted by Gasteiger charge is -2.08. The number of carbonyl (C=O) groups excluding carboxylic acids is 1. The van der Waals surface area contributed by atoms with Crippen molar-refractivity contribution in [2.45, 2.75) is 18.2 Å². The van der Waals surface area contributed by atoms with E-state index in [2.05, 4.69) is 31.0 Å². The number of aromatic nitrogens is 1. The third-order valence-corrected chi connectivity index (χ3v) is 4.89. The van der Waals surface area contributed by atoms with Crippen molar-refractivity contribution in [3.63, 3.8) is 0 Å². The fourth-order valence-corrected chi connectivity index (χ4v) is 3.45. The molecule has 0 aliphatic heterocycles. The first-order valence-electron chi connectivity index (χ1n) is 6.84. The van der Waals surface area contributed by atoms with Crippen molar-refractivity contribution < 1.29 is 13.2 Å². The van der Waals surface area contributed by atoms with Crippen LogP contribution in [0, 0.1) is 6.92 Å². The average Bonchev–Trinajstić information content (AvgIpc) is 2.47. The maximum Gasteiger partial charge on any atom is 0.240 e. The van der Waals surface area contributed by atoms with Gasteiger partial charge in [-0.15, -0.1) is 0 Å². The summed E-state index contributed by atoms with van der Waals surface area (Å²) in [6.07, 6.45) is 1.61. The van der Waals surface area contributed by atoms with E-state index in [1.165, 1.54) is 12.1 Å². The number of benzene rings is 1. The molecular weight excluding hydrogens is 382 g/mol. The Labute approximate surface area is 143 Å². The smallest absolute Gasteiger partial charge is 0.240 e. The Balaban J connectivity index is 1.88. The van der Waals surface area contributed by atoms with Gasteiger partial charge in [-0.25, -0.2) is 18.1 Å². The molecule has 2 rings (SSSR count). The van der Waals surface area contributed by atoms with Gasteiger partial charge in [0.15, 0.2) is 0 Å². The van der Waals surface area contributed by atoms with Crippen molar-refractivity contribution in [3.05, 3.63) is 52.6 Å². The molecule has 122 valence electrons. The van der Waals surface area contributed by atoms with Crippen molar-refractivity contribution >= 4 is 37.7 Å². The van der Waals surface area contributed by atoms with Gasteiger partial charge in [0.1, 0.15) is 5.82 Å². The Kier molecular flexibility index (Phi) is 5.86. The highest BCUT2D eigenvalue weighted by Gasteiger charge is 2.14. The number of amides is 1. The lowest BCUT2D eigenvalue weighted by atomic mass is 10.3.